The smallest absolute Gasteiger partial charge is 0.180 e. The fourth-order valence-electron chi connectivity index (χ4n) is 3.64. The Hall–Kier alpha value is -4.50. The Morgan fingerprint density at radius 3 is 2.46 bits per heavy atom. The van der Waals surface area contributed by atoms with E-state index in [1.807, 2.05) is 37.4 Å². The highest BCUT2D eigenvalue weighted by Crippen LogP contribution is 2.21. The third kappa shape index (κ3) is 5.53. The van der Waals surface area contributed by atoms with Crippen LogP contribution in [-0.4, -0.2) is 46.4 Å². The Balaban J connectivity index is 1.28. The van der Waals surface area contributed by atoms with Crippen LogP contribution in [0.1, 0.15) is 17.1 Å². The molecule has 0 spiro atoms. The summed E-state index contributed by atoms with van der Waals surface area (Å²) >= 11 is 0. The summed E-state index contributed by atoms with van der Waals surface area (Å²) in [5.74, 6) is 2.54. The van der Waals surface area contributed by atoms with Gasteiger partial charge in [0.25, 0.3) is 0 Å². The molecule has 0 radical (unpaired) electrons. The van der Waals surface area contributed by atoms with Crippen molar-refractivity contribution < 1.29 is 5.11 Å². The Morgan fingerprint density at radius 2 is 1.66 bits per heavy atom. The van der Waals surface area contributed by atoms with Gasteiger partial charge < -0.3 is 10.4 Å². The summed E-state index contributed by atoms with van der Waals surface area (Å²) in [5, 5.41) is 16.6. The van der Waals surface area contributed by atoms with Crippen molar-refractivity contribution in [1.82, 2.24) is 34.7 Å². The zero-order valence-electron chi connectivity index (χ0n) is 19.2. The van der Waals surface area contributed by atoms with Crippen molar-refractivity contribution in [2.24, 2.45) is 0 Å². The van der Waals surface area contributed by atoms with Gasteiger partial charge in [0.15, 0.2) is 5.82 Å². The summed E-state index contributed by atoms with van der Waals surface area (Å²) in [4.78, 5) is 22.5. The number of aryl methyl sites for hydroxylation is 1. The van der Waals surface area contributed by atoms with E-state index in [-0.39, 0.29) is 6.61 Å². The molecule has 0 saturated heterocycles. The number of aliphatic hydroxyl groups is 1. The van der Waals surface area contributed by atoms with Crippen LogP contribution in [0.3, 0.4) is 0 Å². The third-order valence-electron chi connectivity index (χ3n) is 5.35. The van der Waals surface area contributed by atoms with Gasteiger partial charge in [0, 0.05) is 36.3 Å². The highest BCUT2D eigenvalue weighted by atomic mass is 16.3. The maximum absolute atomic E-state index is 9.06. The number of anilines is 2. The fourth-order valence-corrected chi connectivity index (χ4v) is 3.64. The van der Waals surface area contributed by atoms with Crippen molar-refractivity contribution in [3.8, 4) is 22.6 Å². The number of nitrogens with zero attached hydrogens (tertiary/aromatic N) is 7. The maximum atomic E-state index is 9.06. The Labute approximate surface area is 202 Å². The van der Waals surface area contributed by atoms with Crippen molar-refractivity contribution in [2.75, 3.05) is 11.9 Å². The quantitative estimate of drug-likeness (QED) is 0.356. The third-order valence-corrected chi connectivity index (χ3v) is 5.35. The lowest BCUT2D eigenvalue weighted by Gasteiger charge is -2.08. The fraction of sp³-hybridized carbons (Fsp3) is 0.154. The van der Waals surface area contributed by atoms with Crippen LogP contribution < -0.4 is 5.32 Å². The van der Waals surface area contributed by atoms with Gasteiger partial charge in [-0.2, -0.15) is 5.10 Å². The van der Waals surface area contributed by atoms with Gasteiger partial charge in [-0.05, 0) is 42.3 Å². The van der Waals surface area contributed by atoms with Crippen LogP contribution in [0.4, 0.5) is 11.6 Å². The van der Waals surface area contributed by atoms with Crippen molar-refractivity contribution in [3.05, 3.63) is 96.5 Å². The minimum absolute atomic E-state index is 0.0658. The number of pyridine rings is 1. The Bertz CT molecular complexity index is 1430. The van der Waals surface area contributed by atoms with Crippen molar-refractivity contribution >= 4 is 11.6 Å². The molecule has 0 amide bonds. The van der Waals surface area contributed by atoms with Crippen molar-refractivity contribution in [3.63, 3.8) is 0 Å². The molecule has 5 aromatic rings. The predicted octanol–water partition coefficient (Wildman–Crippen LogP) is 3.83. The van der Waals surface area contributed by atoms with Gasteiger partial charge in [-0.3, -0.25) is 4.68 Å². The topological polar surface area (TPSA) is 115 Å². The van der Waals surface area contributed by atoms with Crippen LogP contribution in [-0.2, 0) is 13.0 Å². The number of hydrogen-bond acceptors (Lipinski definition) is 8. The molecule has 35 heavy (non-hydrogen) atoms. The zero-order chi connectivity index (χ0) is 24.0. The average molecular weight is 465 g/mol. The molecule has 4 heterocycles. The maximum Gasteiger partial charge on any atom is 0.180 e. The van der Waals surface area contributed by atoms with Gasteiger partial charge in [-0.25, -0.2) is 24.9 Å². The molecular weight excluding hydrogens is 440 g/mol. The number of benzene rings is 1. The monoisotopic (exact) mass is 464 g/mol. The molecule has 9 nitrogen and oxygen atoms in total. The first-order chi connectivity index (χ1) is 17.2. The highest BCUT2D eigenvalue weighted by molar-refractivity contribution is 5.62. The molecule has 0 aliphatic rings. The molecule has 0 bridgehead atoms. The normalized spacial score (nSPS) is 10.9. The van der Waals surface area contributed by atoms with Crippen LogP contribution >= 0.6 is 0 Å². The molecule has 0 aliphatic carbocycles. The lowest BCUT2D eigenvalue weighted by atomic mass is 10.1. The van der Waals surface area contributed by atoms with Gasteiger partial charge in [-0.1, -0.05) is 30.3 Å². The van der Waals surface area contributed by atoms with E-state index < -0.39 is 0 Å². The van der Waals surface area contributed by atoms with Crippen molar-refractivity contribution in [1.29, 1.82) is 0 Å². The van der Waals surface area contributed by atoms with E-state index >= 15 is 0 Å². The first-order valence-electron chi connectivity index (χ1n) is 11.2. The number of nitrogens with one attached hydrogen (secondary N) is 1. The molecule has 2 N–H and O–H groups in total. The van der Waals surface area contributed by atoms with E-state index in [2.05, 4.69) is 59.6 Å². The number of aliphatic hydroxyl groups excluding tert-OH is 1. The summed E-state index contributed by atoms with van der Waals surface area (Å²) in [5.41, 5.74) is 4.81. The molecular formula is C26H24N8O. The van der Waals surface area contributed by atoms with Crippen LogP contribution in [0, 0.1) is 6.92 Å². The SMILES string of the molecule is Cc1cccc(-c2nccc(Nc3ccnc(Cc4ccc(-c5cnn(CCO)c5)cc4)n3)n2)n1. The molecule has 0 fully saturated rings. The molecule has 1 aromatic carbocycles. The Kier molecular flexibility index (Phi) is 6.49. The van der Waals surface area contributed by atoms with Crippen LogP contribution in [0.5, 0.6) is 0 Å². The molecule has 9 heteroatoms. The molecule has 5 rings (SSSR count). The number of rotatable bonds is 8. The molecule has 4 aromatic heterocycles. The second kappa shape index (κ2) is 10.2. The molecule has 0 aliphatic heterocycles. The van der Waals surface area contributed by atoms with E-state index in [1.54, 1.807) is 29.3 Å². The van der Waals surface area contributed by atoms with Gasteiger partial charge in [0.1, 0.15) is 23.2 Å². The summed E-state index contributed by atoms with van der Waals surface area (Å²) in [6.45, 7) is 2.49. The van der Waals surface area contributed by atoms with E-state index in [4.69, 9.17) is 5.11 Å². The van der Waals surface area contributed by atoms with Crippen LogP contribution in [0.15, 0.2) is 79.4 Å². The number of aromatic nitrogens is 7. The lowest BCUT2D eigenvalue weighted by molar-refractivity contribution is 0.269. The minimum Gasteiger partial charge on any atom is -0.394 e. The summed E-state index contributed by atoms with van der Waals surface area (Å²) in [6.07, 6.45) is 7.76. The minimum atomic E-state index is 0.0658. The standard InChI is InChI=1S/C26H24N8O/c1-18-3-2-4-22(30-18)26-28-12-10-24(33-26)31-23-9-11-27-25(32-23)15-19-5-7-20(8-6-19)21-16-29-34(17-21)13-14-35/h2-12,16-17,35H,13-15H2,1H3,(H,27,28,31,32,33). The predicted molar refractivity (Wildman–Crippen MR) is 133 cm³/mol. The van der Waals surface area contributed by atoms with Gasteiger partial charge in [-0.15, -0.1) is 0 Å². The molecule has 0 unspecified atom stereocenters. The second-order valence-corrected chi connectivity index (χ2v) is 8.00. The van der Waals surface area contributed by atoms with E-state index in [1.165, 1.54) is 0 Å². The van der Waals surface area contributed by atoms with E-state index in [9.17, 15) is 0 Å². The largest absolute Gasteiger partial charge is 0.394 e. The number of hydrogen-bond donors (Lipinski definition) is 2. The molecule has 0 saturated carbocycles. The van der Waals surface area contributed by atoms with Gasteiger partial charge in [0.05, 0.1) is 19.3 Å². The first kappa shape index (κ1) is 22.3. The lowest BCUT2D eigenvalue weighted by Crippen LogP contribution is -2.03. The van der Waals surface area contributed by atoms with E-state index in [0.29, 0.717) is 36.3 Å². The summed E-state index contributed by atoms with van der Waals surface area (Å²) < 4.78 is 1.73. The highest BCUT2D eigenvalue weighted by Gasteiger charge is 2.08. The Morgan fingerprint density at radius 1 is 0.857 bits per heavy atom. The first-order valence-corrected chi connectivity index (χ1v) is 11.2. The molecule has 0 atom stereocenters. The van der Waals surface area contributed by atoms with E-state index in [0.717, 1.165) is 28.1 Å². The molecule has 174 valence electrons. The summed E-state index contributed by atoms with van der Waals surface area (Å²) in [7, 11) is 0. The van der Waals surface area contributed by atoms with Crippen molar-refractivity contribution in [2.45, 2.75) is 19.9 Å². The van der Waals surface area contributed by atoms with Crippen LogP contribution in [0.25, 0.3) is 22.6 Å². The van der Waals surface area contributed by atoms with Crippen LogP contribution in [0.2, 0.25) is 0 Å². The van der Waals surface area contributed by atoms with Gasteiger partial charge >= 0.3 is 0 Å². The summed E-state index contributed by atoms with van der Waals surface area (Å²) in [6, 6.07) is 17.6. The second-order valence-electron chi connectivity index (χ2n) is 8.00. The van der Waals surface area contributed by atoms with Gasteiger partial charge in [0.2, 0.25) is 0 Å². The zero-order valence-corrected chi connectivity index (χ0v) is 19.2. The average Bonchev–Trinajstić information content (AvgIpc) is 3.34.